The fourth-order valence-electron chi connectivity index (χ4n) is 7.96. The zero-order valence-electron chi connectivity index (χ0n) is 23.3. The predicted octanol–water partition coefficient (Wildman–Crippen LogP) is 4.80. The monoisotopic (exact) mass is 518 g/mol. The van der Waals surface area contributed by atoms with Gasteiger partial charge in [-0.3, -0.25) is 0 Å². The van der Waals surface area contributed by atoms with E-state index in [-0.39, 0.29) is 17.3 Å². The number of carbonyl (C=O) groups excluding carboxylic acids is 1. The molecule has 0 aromatic carbocycles. The van der Waals surface area contributed by atoms with Gasteiger partial charge in [-0.05, 0) is 82.6 Å². The molecule has 37 heavy (non-hydrogen) atoms. The summed E-state index contributed by atoms with van der Waals surface area (Å²) in [5.41, 5.74) is 0.167. The zero-order valence-corrected chi connectivity index (χ0v) is 23.3. The van der Waals surface area contributed by atoms with Crippen molar-refractivity contribution in [2.75, 3.05) is 13.2 Å². The van der Waals surface area contributed by atoms with Gasteiger partial charge < -0.3 is 29.2 Å². The van der Waals surface area contributed by atoms with Crippen LogP contribution in [-0.4, -0.2) is 58.3 Å². The maximum atomic E-state index is 11.9. The number of fused-ring (bicyclic) bond motifs is 2. The lowest BCUT2D eigenvalue weighted by atomic mass is 9.57. The second kappa shape index (κ2) is 9.16. The van der Waals surface area contributed by atoms with Crippen LogP contribution in [0.25, 0.3) is 0 Å². The molecule has 5 saturated heterocycles. The van der Waals surface area contributed by atoms with Crippen LogP contribution in [0.5, 0.6) is 0 Å². The van der Waals surface area contributed by atoms with Crippen LogP contribution in [-0.2, 0) is 23.7 Å². The standard InChI is InChI=1S/C30H46O7/c1-19-7-9-22(26(2,3)24(19)23(31)17-21-12-16-34-25(21)32)10-8-20-11-13-30(35-18-20)28(6)14-15-29(33,37-30)27(4,5)36-28/h17,20,22-24,31,33H,1,7-16,18H2,2-6H3. The number of hydrogen-bond acceptors (Lipinski definition) is 7. The number of aliphatic hydroxyl groups is 2. The first-order chi connectivity index (χ1) is 17.2. The third-order valence-electron chi connectivity index (χ3n) is 10.5. The average Bonchev–Trinajstić information content (AvgIpc) is 3.20. The first-order valence-corrected chi connectivity index (χ1v) is 14.2. The van der Waals surface area contributed by atoms with Crippen LogP contribution >= 0.6 is 0 Å². The minimum Gasteiger partial charge on any atom is -0.462 e. The summed E-state index contributed by atoms with van der Waals surface area (Å²) in [7, 11) is 0. The lowest BCUT2D eigenvalue weighted by Crippen LogP contribution is -2.78. The average molecular weight is 519 g/mol. The van der Waals surface area contributed by atoms with Gasteiger partial charge in [0.2, 0.25) is 5.79 Å². The molecule has 0 aromatic heterocycles. The quantitative estimate of drug-likeness (QED) is 0.307. The molecule has 7 unspecified atom stereocenters. The molecule has 0 amide bonds. The lowest BCUT2D eigenvalue weighted by Gasteiger charge is -2.66. The van der Waals surface area contributed by atoms with Gasteiger partial charge >= 0.3 is 5.97 Å². The van der Waals surface area contributed by atoms with Crippen LogP contribution in [0.15, 0.2) is 23.8 Å². The summed E-state index contributed by atoms with van der Waals surface area (Å²) < 4.78 is 24.3. The van der Waals surface area contributed by atoms with Gasteiger partial charge in [0.1, 0.15) is 11.2 Å². The predicted molar refractivity (Wildman–Crippen MR) is 138 cm³/mol. The minimum atomic E-state index is -1.33. The highest BCUT2D eigenvalue weighted by Gasteiger charge is 2.71. The summed E-state index contributed by atoms with van der Waals surface area (Å²) in [6.45, 7) is 15.6. The zero-order chi connectivity index (χ0) is 26.9. The lowest BCUT2D eigenvalue weighted by molar-refractivity contribution is -0.522. The second-order valence-electron chi connectivity index (χ2n) is 13.5. The topological polar surface area (TPSA) is 94.5 Å². The van der Waals surface area contributed by atoms with Gasteiger partial charge in [-0.25, -0.2) is 4.79 Å². The number of carbonyl (C=O) groups is 1. The number of rotatable bonds is 5. The van der Waals surface area contributed by atoms with E-state index in [1.165, 1.54) is 0 Å². The highest BCUT2D eigenvalue weighted by molar-refractivity contribution is 5.90. The van der Waals surface area contributed by atoms with Crippen molar-refractivity contribution in [3.05, 3.63) is 23.8 Å². The van der Waals surface area contributed by atoms with Crippen molar-refractivity contribution in [2.45, 2.75) is 121 Å². The molecule has 6 aliphatic rings. The summed E-state index contributed by atoms with van der Waals surface area (Å²) in [6.07, 6.45) is 8.52. The molecular formula is C30H46O7. The van der Waals surface area contributed by atoms with E-state index in [0.29, 0.717) is 49.9 Å². The van der Waals surface area contributed by atoms with Gasteiger partial charge in [0, 0.05) is 30.8 Å². The molecule has 7 atom stereocenters. The molecule has 7 heteroatoms. The van der Waals surface area contributed by atoms with Crippen LogP contribution < -0.4 is 0 Å². The molecule has 1 aliphatic carbocycles. The van der Waals surface area contributed by atoms with Gasteiger partial charge in [-0.2, -0.15) is 0 Å². The maximum Gasteiger partial charge on any atom is 0.333 e. The van der Waals surface area contributed by atoms with Crippen LogP contribution in [0.2, 0.25) is 0 Å². The van der Waals surface area contributed by atoms with Gasteiger partial charge in [0.15, 0.2) is 5.79 Å². The Bertz CT molecular complexity index is 959. The van der Waals surface area contributed by atoms with Gasteiger partial charge in [0.05, 0.1) is 19.3 Å². The molecule has 5 heterocycles. The third kappa shape index (κ3) is 4.43. The SMILES string of the molecule is C=C1CCC(CCC2CCC3(OC2)OC2(O)CCC3(C)OC2(C)C)C(C)(C)C1C(O)C=C1CCOC1=O. The fourth-order valence-corrected chi connectivity index (χ4v) is 7.96. The van der Waals surface area contributed by atoms with Crippen LogP contribution in [0.1, 0.15) is 92.4 Å². The Labute approximate surface area is 221 Å². The van der Waals surface area contributed by atoms with E-state index in [1.807, 2.05) is 13.8 Å². The Balaban J connectivity index is 1.20. The van der Waals surface area contributed by atoms with E-state index in [4.69, 9.17) is 18.9 Å². The van der Waals surface area contributed by atoms with Crippen molar-refractivity contribution in [1.29, 1.82) is 0 Å². The van der Waals surface area contributed by atoms with Crippen molar-refractivity contribution in [3.63, 3.8) is 0 Å². The summed E-state index contributed by atoms with van der Waals surface area (Å²) in [5.74, 6) is -1.77. The largest absolute Gasteiger partial charge is 0.462 e. The summed E-state index contributed by atoms with van der Waals surface area (Å²) >= 11 is 0. The smallest absolute Gasteiger partial charge is 0.333 e. The fraction of sp³-hybridized carbons (Fsp3) is 0.833. The Morgan fingerprint density at radius 3 is 2.43 bits per heavy atom. The molecule has 2 N–H and O–H groups in total. The second-order valence-corrected chi connectivity index (χ2v) is 13.5. The van der Waals surface area contributed by atoms with E-state index < -0.39 is 28.9 Å². The molecular weight excluding hydrogens is 472 g/mol. The number of aliphatic hydroxyl groups excluding tert-OH is 1. The molecule has 5 aliphatic heterocycles. The van der Waals surface area contributed by atoms with Gasteiger partial charge in [-0.1, -0.05) is 26.0 Å². The van der Waals surface area contributed by atoms with Crippen molar-refractivity contribution in [2.24, 2.45) is 23.2 Å². The van der Waals surface area contributed by atoms with Crippen LogP contribution in [0, 0.1) is 23.2 Å². The summed E-state index contributed by atoms with van der Waals surface area (Å²) in [6, 6.07) is 0. The van der Waals surface area contributed by atoms with Crippen LogP contribution in [0.4, 0.5) is 0 Å². The summed E-state index contributed by atoms with van der Waals surface area (Å²) in [4.78, 5) is 11.9. The first-order valence-electron chi connectivity index (χ1n) is 14.2. The van der Waals surface area contributed by atoms with Crippen molar-refractivity contribution in [3.8, 4) is 0 Å². The van der Waals surface area contributed by atoms with Crippen molar-refractivity contribution >= 4 is 5.97 Å². The maximum absolute atomic E-state index is 11.9. The first kappa shape index (κ1) is 27.3. The normalized spacial score (nSPS) is 44.8. The van der Waals surface area contributed by atoms with E-state index in [1.54, 1.807) is 6.08 Å². The Hall–Kier alpha value is -1.25. The van der Waals surface area contributed by atoms with Gasteiger partial charge in [-0.15, -0.1) is 0 Å². The third-order valence-corrected chi connectivity index (χ3v) is 10.5. The highest BCUT2D eigenvalue weighted by Crippen LogP contribution is 2.59. The molecule has 1 saturated carbocycles. The number of esters is 1. The number of cyclic esters (lactones) is 1. The Morgan fingerprint density at radius 2 is 1.81 bits per heavy atom. The molecule has 1 spiro atoms. The molecule has 6 fully saturated rings. The molecule has 0 aromatic rings. The molecule has 208 valence electrons. The minimum absolute atomic E-state index is 0.0922. The van der Waals surface area contributed by atoms with E-state index in [2.05, 4.69) is 27.4 Å². The van der Waals surface area contributed by atoms with E-state index >= 15 is 0 Å². The van der Waals surface area contributed by atoms with E-state index in [9.17, 15) is 15.0 Å². The molecule has 6 rings (SSSR count). The summed E-state index contributed by atoms with van der Waals surface area (Å²) in [5, 5.41) is 22.3. The number of ether oxygens (including phenoxy) is 4. The van der Waals surface area contributed by atoms with Gasteiger partial charge in [0.25, 0.3) is 0 Å². The van der Waals surface area contributed by atoms with Crippen molar-refractivity contribution < 1.29 is 34.0 Å². The van der Waals surface area contributed by atoms with Crippen molar-refractivity contribution in [1.82, 2.24) is 0 Å². The molecule has 2 bridgehead atoms. The molecule has 0 radical (unpaired) electrons. The Kier molecular flexibility index (Phi) is 6.76. The van der Waals surface area contributed by atoms with Crippen LogP contribution in [0.3, 0.4) is 0 Å². The highest BCUT2D eigenvalue weighted by atomic mass is 16.8. The molecule has 7 nitrogen and oxygen atoms in total. The Morgan fingerprint density at radius 1 is 1.05 bits per heavy atom. The number of hydrogen-bond donors (Lipinski definition) is 2. The van der Waals surface area contributed by atoms with E-state index in [0.717, 1.165) is 44.1 Å².